The summed E-state index contributed by atoms with van der Waals surface area (Å²) in [6.07, 6.45) is 0. The highest BCUT2D eigenvalue weighted by atomic mass is 16.5. The van der Waals surface area contributed by atoms with Crippen molar-refractivity contribution in [2.24, 2.45) is 0 Å². The zero-order chi connectivity index (χ0) is 22.1. The first-order valence-electron chi connectivity index (χ1n) is 9.95. The number of rotatable bonds is 6. The number of hydrogen-bond acceptors (Lipinski definition) is 5. The number of carbonyl (C=O) groups is 3. The molecule has 2 aromatic carbocycles. The van der Waals surface area contributed by atoms with Gasteiger partial charge in [-0.1, -0.05) is 24.3 Å². The van der Waals surface area contributed by atoms with E-state index in [9.17, 15) is 14.4 Å². The van der Waals surface area contributed by atoms with Crippen LogP contribution in [0.4, 0.5) is 10.5 Å². The molecule has 8 nitrogen and oxygen atoms in total. The van der Waals surface area contributed by atoms with Crippen LogP contribution in [0.3, 0.4) is 0 Å². The maximum Gasteiger partial charge on any atom is 0.339 e. The molecule has 158 valence electrons. The Morgan fingerprint density at radius 3 is 2.29 bits per heavy atom. The predicted octanol–water partition coefficient (Wildman–Crippen LogP) is 3.38. The molecule has 0 radical (unpaired) electrons. The Labute approximate surface area is 179 Å². The number of benzene rings is 2. The van der Waals surface area contributed by atoms with Crippen LogP contribution in [0.2, 0.25) is 0 Å². The van der Waals surface area contributed by atoms with Gasteiger partial charge in [-0.05, 0) is 56.7 Å². The molecule has 8 heteroatoms. The Morgan fingerprint density at radius 2 is 1.65 bits per heavy atom. The van der Waals surface area contributed by atoms with Crippen LogP contribution >= 0.6 is 0 Å². The SMILES string of the molecule is CCOc1ccccc1N1C(=O)C(=O)N(Cc2ccc(-n3nc(C)cc3C)cc2)C1=O. The van der Waals surface area contributed by atoms with Gasteiger partial charge in [0.15, 0.2) is 0 Å². The molecular weight excluding hydrogens is 396 g/mol. The first kappa shape index (κ1) is 20.3. The molecule has 0 aliphatic carbocycles. The molecule has 0 saturated carbocycles. The predicted molar refractivity (Wildman–Crippen MR) is 114 cm³/mol. The molecule has 0 spiro atoms. The van der Waals surface area contributed by atoms with Crippen LogP contribution in [0.5, 0.6) is 5.75 Å². The minimum absolute atomic E-state index is 0.00585. The number of carbonyl (C=O) groups excluding carboxylic acids is 3. The molecule has 4 amide bonds. The highest BCUT2D eigenvalue weighted by Crippen LogP contribution is 2.32. The van der Waals surface area contributed by atoms with Gasteiger partial charge in [-0.15, -0.1) is 0 Å². The number of ether oxygens (including phenoxy) is 1. The van der Waals surface area contributed by atoms with E-state index < -0.39 is 17.8 Å². The van der Waals surface area contributed by atoms with Crippen molar-refractivity contribution in [2.75, 3.05) is 11.5 Å². The first-order valence-corrected chi connectivity index (χ1v) is 9.95. The van der Waals surface area contributed by atoms with Crippen LogP contribution in [0.15, 0.2) is 54.6 Å². The highest BCUT2D eigenvalue weighted by Gasteiger charge is 2.46. The lowest BCUT2D eigenvalue weighted by Crippen LogP contribution is -2.33. The van der Waals surface area contributed by atoms with Crippen molar-refractivity contribution in [3.05, 3.63) is 71.5 Å². The number of aromatic nitrogens is 2. The van der Waals surface area contributed by atoms with E-state index in [1.54, 1.807) is 31.2 Å². The summed E-state index contributed by atoms with van der Waals surface area (Å²) in [5.41, 5.74) is 3.77. The van der Waals surface area contributed by atoms with Gasteiger partial charge < -0.3 is 4.74 Å². The molecule has 0 bridgehead atoms. The summed E-state index contributed by atoms with van der Waals surface area (Å²) in [4.78, 5) is 40.0. The number of amides is 4. The van der Waals surface area contributed by atoms with Crippen molar-refractivity contribution in [2.45, 2.75) is 27.3 Å². The first-order chi connectivity index (χ1) is 14.9. The summed E-state index contributed by atoms with van der Waals surface area (Å²) in [6, 6.07) is 15.3. The molecule has 1 aromatic heterocycles. The van der Waals surface area contributed by atoms with Gasteiger partial charge >= 0.3 is 17.8 Å². The summed E-state index contributed by atoms with van der Waals surface area (Å²) in [5, 5.41) is 4.45. The number of imide groups is 2. The molecule has 1 saturated heterocycles. The molecular formula is C23H22N4O4. The van der Waals surface area contributed by atoms with Crippen molar-refractivity contribution in [1.82, 2.24) is 14.7 Å². The van der Waals surface area contributed by atoms with Crippen LogP contribution in [-0.2, 0) is 16.1 Å². The molecule has 31 heavy (non-hydrogen) atoms. The van der Waals surface area contributed by atoms with Crippen molar-refractivity contribution >= 4 is 23.5 Å². The van der Waals surface area contributed by atoms with Crippen molar-refractivity contribution < 1.29 is 19.1 Å². The summed E-state index contributed by atoms with van der Waals surface area (Å²) >= 11 is 0. The van der Waals surface area contributed by atoms with Crippen LogP contribution in [0.25, 0.3) is 5.69 Å². The zero-order valence-electron chi connectivity index (χ0n) is 17.5. The standard InChI is InChI=1S/C23H22N4O4/c1-4-31-20-8-6-5-7-19(20)26-22(29)21(28)25(23(26)30)14-17-9-11-18(12-10-17)27-16(3)13-15(2)24-27/h5-13H,4,14H2,1-3H3. The Bertz CT molecular complexity index is 1170. The Kier molecular flexibility index (Phi) is 5.29. The van der Waals surface area contributed by atoms with Crippen molar-refractivity contribution in [3.8, 4) is 11.4 Å². The topological polar surface area (TPSA) is 84.7 Å². The minimum atomic E-state index is -0.892. The lowest BCUT2D eigenvalue weighted by Gasteiger charge is -2.18. The molecule has 1 aliphatic rings. The third-order valence-electron chi connectivity index (χ3n) is 4.99. The number of nitrogens with zero attached hydrogens (tertiary/aromatic N) is 4. The lowest BCUT2D eigenvalue weighted by atomic mass is 10.2. The molecule has 0 atom stereocenters. The second-order valence-corrected chi connectivity index (χ2v) is 7.22. The van der Waals surface area contributed by atoms with E-state index in [0.29, 0.717) is 12.4 Å². The number of aryl methyl sites for hydroxylation is 2. The van der Waals surface area contributed by atoms with Gasteiger partial charge in [-0.3, -0.25) is 14.5 Å². The molecule has 1 aliphatic heterocycles. The summed E-state index contributed by atoms with van der Waals surface area (Å²) in [7, 11) is 0. The molecule has 2 heterocycles. The average molecular weight is 418 g/mol. The van der Waals surface area contributed by atoms with Gasteiger partial charge in [0.1, 0.15) is 5.75 Å². The third kappa shape index (κ3) is 3.68. The Balaban J connectivity index is 1.57. The van der Waals surface area contributed by atoms with E-state index in [1.165, 1.54) is 0 Å². The van der Waals surface area contributed by atoms with E-state index in [0.717, 1.165) is 32.4 Å². The van der Waals surface area contributed by atoms with Crippen LogP contribution in [0.1, 0.15) is 23.9 Å². The zero-order valence-corrected chi connectivity index (χ0v) is 17.5. The van der Waals surface area contributed by atoms with Crippen molar-refractivity contribution in [1.29, 1.82) is 0 Å². The molecule has 0 N–H and O–H groups in total. The van der Waals surface area contributed by atoms with E-state index in [2.05, 4.69) is 5.10 Å². The summed E-state index contributed by atoms with van der Waals surface area (Å²) in [5.74, 6) is -1.38. The normalized spacial score (nSPS) is 14.0. The quantitative estimate of drug-likeness (QED) is 0.453. The maximum absolute atomic E-state index is 13.0. The van der Waals surface area contributed by atoms with Crippen LogP contribution < -0.4 is 9.64 Å². The number of urea groups is 1. The number of hydrogen-bond donors (Lipinski definition) is 0. The van der Waals surface area contributed by atoms with Gasteiger partial charge in [-0.2, -0.15) is 5.10 Å². The van der Waals surface area contributed by atoms with Gasteiger partial charge in [0, 0.05) is 5.69 Å². The third-order valence-corrected chi connectivity index (χ3v) is 4.99. The molecule has 3 aromatic rings. The van der Waals surface area contributed by atoms with Gasteiger partial charge in [-0.25, -0.2) is 14.4 Å². The molecule has 4 rings (SSSR count). The van der Waals surface area contributed by atoms with Crippen molar-refractivity contribution in [3.63, 3.8) is 0 Å². The molecule has 1 fully saturated rings. The fraction of sp³-hybridized carbons (Fsp3) is 0.217. The van der Waals surface area contributed by atoms with Gasteiger partial charge in [0.25, 0.3) is 0 Å². The van der Waals surface area contributed by atoms with Crippen LogP contribution in [-0.4, -0.2) is 39.1 Å². The highest BCUT2D eigenvalue weighted by molar-refractivity contribution is 6.52. The van der Waals surface area contributed by atoms with Gasteiger partial charge in [0.2, 0.25) is 0 Å². The fourth-order valence-electron chi connectivity index (χ4n) is 3.59. The average Bonchev–Trinajstić information content (AvgIpc) is 3.20. The monoisotopic (exact) mass is 418 g/mol. The summed E-state index contributed by atoms with van der Waals surface area (Å²) in [6.45, 7) is 6.06. The number of para-hydroxylation sites is 2. The largest absolute Gasteiger partial charge is 0.492 e. The Morgan fingerprint density at radius 1 is 0.935 bits per heavy atom. The number of anilines is 1. The Hall–Kier alpha value is -3.94. The fourth-order valence-corrected chi connectivity index (χ4v) is 3.59. The van der Waals surface area contributed by atoms with E-state index in [4.69, 9.17) is 4.74 Å². The summed E-state index contributed by atoms with van der Waals surface area (Å²) < 4.78 is 7.34. The maximum atomic E-state index is 13.0. The second-order valence-electron chi connectivity index (χ2n) is 7.22. The second kappa shape index (κ2) is 8.06. The van der Waals surface area contributed by atoms with Crippen LogP contribution in [0, 0.1) is 13.8 Å². The minimum Gasteiger partial charge on any atom is -0.492 e. The van der Waals surface area contributed by atoms with Gasteiger partial charge in [0.05, 0.1) is 30.2 Å². The van der Waals surface area contributed by atoms with E-state index >= 15 is 0 Å². The smallest absolute Gasteiger partial charge is 0.339 e. The lowest BCUT2D eigenvalue weighted by molar-refractivity contribution is -0.139. The van der Waals surface area contributed by atoms with E-state index in [-0.39, 0.29) is 12.2 Å². The molecule has 0 unspecified atom stereocenters. The van der Waals surface area contributed by atoms with E-state index in [1.807, 2.05) is 48.9 Å².